The molecule has 4 nitrogen and oxygen atoms in total. The maximum atomic E-state index is 10.8. The van der Waals surface area contributed by atoms with Gasteiger partial charge in [-0.2, -0.15) is 0 Å². The van der Waals surface area contributed by atoms with E-state index in [1.165, 1.54) is 19.4 Å². The van der Waals surface area contributed by atoms with E-state index >= 15 is 0 Å². The summed E-state index contributed by atoms with van der Waals surface area (Å²) in [4.78, 5) is 13.2. The number of carboxylic acid groups (broad SMARTS) is 1. The van der Waals surface area contributed by atoms with Gasteiger partial charge in [-0.25, -0.2) is 0 Å². The van der Waals surface area contributed by atoms with E-state index < -0.39 is 5.97 Å². The van der Waals surface area contributed by atoms with Crippen LogP contribution in [-0.2, 0) is 17.8 Å². The minimum absolute atomic E-state index is 0.0984. The fourth-order valence-electron chi connectivity index (χ4n) is 2.68. The van der Waals surface area contributed by atoms with Crippen molar-refractivity contribution in [3.63, 3.8) is 0 Å². The minimum atomic E-state index is -0.775. The van der Waals surface area contributed by atoms with Gasteiger partial charge in [0.05, 0.1) is 6.42 Å². The number of nitrogens with one attached hydrogen (secondary N) is 1. The third-order valence-corrected chi connectivity index (χ3v) is 3.83. The second-order valence-electron chi connectivity index (χ2n) is 5.25. The van der Waals surface area contributed by atoms with E-state index in [-0.39, 0.29) is 6.42 Å². The van der Waals surface area contributed by atoms with Gasteiger partial charge in [-0.15, -0.1) is 0 Å². The quantitative estimate of drug-likeness (QED) is 0.815. The van der Waals surface area contributed by atoms with E-state index in [9.17, 15) is 4.79 Å². The highest BCUT2D eigenvalue weighted by Crippen LogP contribution is 2.14. The number of rotatable bonds is 6. The minimum Gasteiger partial charge on any atom is -0.481 e. The molecule has 4 heteroatoms. The van der Waals surface area contributed by atoms with Crippen LogP contribution in [0.5, 0.6) is 0 Å². The highest BCUT2D eigenvalue weighted by Gasteiger charge is 2.19. The highest BCUT2D eigenvalue weighted by molar-refractivity contribution is 5.70. The van der Waals surface area contributed by atoms with E-state index in [0.717, 1.165) is 24.2 Å². The molecule has 1 aliphatic heterocycles. The summed E-state index contributed by atoms with van der Waals surface area (Å²) in [5.41, 5.74) is 1.99. The van der Waals surface area contributed by atoms with Crippen LogP contribution in [-0.4, -0.2) is 42.2 Å². The summed E-state index contributed by atoms with van der Waals surface area (Å²) in [7, 11) is 2.16. The lowest BCUT2D eigenvalue weighted by molar-refractivity contribution is -0.136. The van der Waals surface area contributed by atoms with Crippen LogP contribution < -0.4 is 5.32 Å². The molecule has 1 fully saturated rings. The van der Waals surface area contributed by atoms with E-state index in [4.69, 9.17) is 5.11 Å². The van der Waals surface area contributed by atoms with Gasteiger partial charge < -0.3 is 15.3 Å². The molecule has 1 aromatic rings. The zero-order valence-corrected chi connectivity index (χ0v) is 11.4. The summed E-state index contributed by atoms with van der Waals surface area (Å²) in [5, 5.41) is 12.4. The van der Waals surface area contributed by atoms with Crippen LogP contribution >= 0.6 is 0 Å². The SMILES string of the molecule is CN1CCCC1CNCc1ccccc1CC(=O)O. The lowest BCUT2D eigenvalue weighted by Gasteiger charge is -2.20. The largest absolute Gasteiger partial charge is 0.481 e. The van der Waals surface area contributed by atoms with Crippen molar-refractivity contribution < 1.29 is 9.90 Å². The van der Waals surface area contributed by atoms with Crippen molar-refractivity contribution in [1.29, 1.82) is 0 Å². The van der Waals surface area contributed by atoms with Crippen LogP contribution in [0.1, 0.15) is 24.0 Å². The summed E-state index contributed by atoms with van der Waals surface area (Å²) < 4.78 is 0. The van der Waals surface area contributed by atoms with E-state index in [0.29, 0.717) is 6.04 Å². The number of benzene rings is 1. The lowest BCUT2D eigenvalue weighted by Crippen LogP contribution is -2.35. The Morgan fingerprint density at radius 2 is 2.16 bits per heavy atom. The van der Waals surface area contributed by atoms with Crippen molar-refractivity contribution in [2.75, 3.05) is 20.1 Å². The van der Waals surface area contributed by atoms with Crippen molar-refractivity contribution >= 4 is 5.97 Å². The number of hydrogen-bond donors (Lipinski definition) is 2. The first kappa shape index (κ1) is 14.0. The normalized spacial score (nSPS) is 19.7. The molecule has 1 saturated heterocycles. The third-order valence-electron chi connectivity index (χ3n) is 3.83. The molecule has 1 aliphatic rings. The van der Waals surface area contributed by atoms with Gasteiger partial charge in [0.15, 0.2) is 0 Å². The summed E-state index contributed by atoms with van der Waals surface area (Å²) in [6.07, 6.45) is 2.62. The van der Waals surface area contributed by atoms with Gasteiger partial charge in [0.2, 0.25) is 0 Å². The Kier molecular flexibility index (Phi) is 4.93. The predicted molar refractivity (Wildman–Crippen MR) is 75.1 cm³/mol. The molecule has 0 aliphatic carbocycles. The smallest absolute Gasteiger partial charge is 0.307 e. The van der Waals surface area contributed by atoms with Gasteiger partial charge in [-0.05, 0) is 37.6 Å². The van der Waals surface area contributed by atoms with Gasteiger partial charge in [-0.3, -0.25) is 4.79 Å². The Morgan fingerprint density at radius 1 is 1.42 bits per heavy atom. The Labute approximate surface area is 114 Å². The molecule has 1 unspecified atom stereocenters. The van der Waals surface area contributed by atoms with E-state index in [1.54, 1.807) is 0 Å². The van der Waals surface area contributed by atoms with Crippen molar-refractivity contribution in [2.45, 2.75) is 31.8 Å². The van der Waals surface area contributed by atoms with Crippen molar-refractivity contribution in [3.8, 4) is 0 Å². The summed E-state index contributed by atoms with van der Waals surface area (Å²) in [5.74, 6) is -0.775. The molecule has 0 saturated carbocycles. The van der Waals surface area contributed by atoms with Crippen molar-refractivity contribution in [3.05, 3.63) is 35.4 Å². The lowest BCUT2D eigenvalue weighted by atomic mass is 10.0. The fraction of sp³-hybridized carbons (Fsp3) is 0.533. The molecule has 1 atom stereocenters. The maximum absolute atomic E-state index is 10.8. The first-order chi connectivity index (χ1) is 9.16. The monoisotopic (exact) mass is 262 g/mol. The zero-order valence-electron chi connectivity index (χ0n) is 11.4. The molecule has 0 aromatic heterocycles. The molecule has 19 heavy (non-hydrogen) atoms. The van der Waals surface area contributed by atoms with Crippen LogP contribution in [0.25, 0.3) is 0 Å². The Morgan fingerprint density at radius 3 is 2.79 bits per heavy atom. The standard InChI is InChI=1S/C15H22N2O2/c1-17-8-4-7-14(17)11-16-10-13-6-3-2-5-12(13)9-15(18)19/h2-3,5-6,14,16H,4,7-11H2,1H3,(H,18,19). The zero-order chi connectivity index (χ0) is 13.7. The Hall–Kier alpha value is -1.39. The predicted octanol–water partition coefficient (Wildman–Crippen LogP) is 1.50. The summed E-state index contributed by atoms with van der Waals surface area (Å²) in [6, 6.07) is 8.37. The summed E-state index contributed by atoms with van der Waals surface area (Å²) in [6.45, 7) is 2.90. The maximum Gasteiger partial charge on any atom is 0.307 e. The van der Waals surface area contributed by atoms with Gasteiger partial charge in [0, 0.05) is 19.1 Å². The molecule has 104 valence electrons. The number of nitrogens with zero attached hydrogens (tertiary/aromatic N) is 1. The van der Waals surface area contributed by atoms with Crippen LogP contribution in [0, 0.1) is 0 Å². The number of aliphatic carboxylic acids is 1. The molecule has 0 bridgehead atoms. The molecular weight excluding hydrogens is 240 g/mol. The van der Waals surface area contributed by atoms with Crippen LogP contribution in [0.2, 0.25) is 0 Å². The first-order valence-corrected chi connectivity index (χ1v) is 6.86. The molecular formula is C15H22N2O2. The highest BCUT2D eigenvalue weighted by atomic mass is 16.4. The topological polar surface area (TPSA) is 52.6 Å². The Bertz CT molecular complexity index is 434. The van der Waals surface area contributed by atoms with Crippen molar-refractivity contribution in [2.24, 2.45) is 0 Å². The molecule has 0 spiro atoms. The number of hydrogen-bond acceptors (Lipinski definition) is 3. The average Bonchev–Trinajstić information content (AvgIpc) is 2.77. The molecule has 0 amide bonds. The molecule has 0 radical (unpaired) electrons. The average molecular weight is 262 g/mol. The van der Waals surface area contributed by atoms with Gasteiger partial charge in [-0.1, -0.05) is 24.3 Å². The number of likely N-dealkylation sites (N-methyl/N-ethyl adjacent to an activating group) is 1. The van der Waals surface area contributed by atoms with E-state index in [1.807, 2.05) is 24.3 Å². The van der Waals surface area contributed by atoms with Crippen LogP contribution in [0.4, 0.5) is 0 Å². The fourth-order valence-corrected chi connectivity index (χ4v) is 2.68. The molecule has 1 aromatic carbocycles. The van der Waals surface area contributed by atoms with Crippen LogP contribution in [0.15, 0.2) is 24.3 Å². The van der Waals surface area contributed by atoms with Gasteiger partial charge in [0.25, 0.3) is 0 Å². The second kappa shape index (κ2) is 6.68. The first-order valence-electron chi connectivity index (χ1n) is 6.86. The van der Waals surface area contributed by atoms with E-state index in [2.05, 4.69) is 17.3 Å². The second-order valence-corrected chi connectivity index (χ2v) is 5.25. The number of likely N-dealkylation sites (tertiary alicyclic amines) is 1. The molecule has 2 rings (SSSR count). The molecule has 1 heterocycles. The number of carboxylic acids is 1. The van der Waals surface area contributed by atoms with Crippen LogP contribution in [0.3, 0.4) is 0 Å². The number of carbonyl (C=O) groups is 1. The van der Waals surface area contributed by atoms with Crippen molar-refractivity contribution in [1.82, 2.24) is 10.2 Å². The third kappa shape index (κ3) is 4.04. The Balaban J connectivity index is 1.86. The summed E-state index contributed by atoms with van der Waals surface area (Å²) >= 11 is 0. The van der Waals surface area contributed by atoms with Gasteiger partial charge in [0.1, 0.15) is 0 Å². The molecule has 2 N–H and O–H groups in total. The van der Waals surface area contributed by atoms with Gasteiger partial charge >= 0.3 is 5.97 Å².